The van der Waals surface area contributed by atoms with Crippen molar-refractivity contribution in [1.29, 1.82) is 0 Å². The van der Waals surface area contributed by atoms with Gasteiger partial charge in [0.1, 0.15) is 5.75 Å². The molecule has 3 aromatic rings. The standard InChI is InChI=1S/C29H32NO5P/c1-17-12-19(3)26(20(4)13-17)28(32)36(34,29(33)27-21(5)14-18(2)15-22(27)6)24-9-7-8-23(16-24)35-11-10-25(30)31/h7-9,12-16H,10-11H2,1-6H3,(H2,30,31). The number of amides is 1. The van der Waals surface area contributed by atoms with E-state index >= 15 is 0 Å². The molecular weight excluding hydrogens is 473 g/mol. The molecule has 6 nitrogen and oxygen atoms in total. The van der Waals surface area contributed by atoms with E-state index in [9.17, 15) is 18.9 Å². The summed E-state index contributed by atoms with van der Waals surface area (Å²) in [6, 6.07) is 13.6. The molecule has 2 N–H and O–H groups in total. The first-order valence-corrected chi connectivity index (χ1v) is 13.4. The SMILES string of the molecule is Cc1cc(C)c(C(=O)P(=O)(C(=O)c2c(C)cc(C)cc2C)c2cccc(OCCC(N)=O)c2)c(C)c1. The molecule has 0 aliphatic heterocycles. The van der Waals surface area contributed by atoms with Crippen molar-refractivity contribution in [2.75, 3.05) is 6.61 Å². The fourth-order valence-corrected chi connectivity index (χ4v) is 7.31. The van der Waals surface area contributed by atoms with E-state index in [1.807, 2.05) is 38.1 Å². The Hall–Kier alpha value is -3.50. The van der Waals surface area contributed by atoms with Crippen molar-refractivity contribution in [3.63, 3.8) is 0 Å². The molecule has 0 radical (unpaired) electrons. The van der Waals surface area contributed by atoms with Crippen LogP contribution in [0.1, 0.15) is 60.5 Å². The van der Waals surface area contributed by atoms with Gasteiger partial charge in [-0.05, 0) is 75.9 Å². The van der Waals surface area contributed by atoms with Gasteiger partial charge in [0.25, 0.3) is 0 Å². The lowest BCUT2D eigenvalue weighted by Crippen LogP contribution is -2.23. The number of primary amides is 1. The minimum absolute atomic E-state index is 0.00324. The van der Waals surface area contributed by atoms with Crippen LogP contribution >= 0.6 is 7.14 Å². The van der Waals surface area contributed by atoms with E-state index in [-0.39, 0.29) is 18.3 Å². The van der Waals surface area contributed by atoms with Crippen molar-refractivity contribution in [2.24, 2.45) is 5.73 Å². The van der Waals surface area contributed by atoms with E-state index < -0.39 is 24.1 Å². The Morgan fingerprint density at radius 2 is 1.19 bits per heavy atom. The highest BCUT2D eigenvalue weighted by atomic mass is 31.2. The van der Waals surface area contributed by atoms with Gasteiger partial charge in [-0.15, -0.1) is 0 Å². The molecular formula is C29H32NO5P. The van der Waals surface area contributed by atoms with E-state index in [0.29, 0.717) is 39.1 Å². The first kappa shape index (κ1) is 27.1. The van der Waals surface area contributed by atoms with Gasteiger partial charge in [0.2, 0.25) is 24.1 Å². The predicted molar refractivity (Wildman–Crippen MR) is 143 cm³/mol. The molecule has 188 valence electrons. The number of nitrogens with two attached hydrogens (primary N) is 1. The first-order chi connectivity index (χ1) is 16.9. The van der Waals surface area contributed by atoms with Gasteiger partial charge in [-0.2, -0.15) is 0 Å². The second-order valence-corrected chi connectivity index (χ2v) is 11.9. The number of carbonyl (C=O) groups excluding carboxylic acids is 3. The molecule has 3 rings (SSSR count). The number of ether oxygens (including phenoxy) is 1. The molecule has 0 bridgehead atoms. The fourth-order valence-electron chi connectivity index (χ4n) is 4.71. The van der Waals surface area contributed by atoms with Gasteiger partial charge in [-0.25, -0.2) is 0 Å². The van der Waals surface area contributed by atoms with Crippen LogP contribution < -0.4 is 15.8 Å². The van der Waals surface area contributed by atoms with Crippen LogP contribution in [-0.4, -0.2) is 23.6 Å². The summed E-state index contributed by atoms with van der Waals surface area (Å²) >= 11 is 0. The Kier molecular flexibility index (Phi) is 8.00. The zero-order chi connectivity index (χ0) is 26.8. The van der Waals surface area contributed by atoms with Gasteiger partial charge in [-0.1, -0.05) is 47.5 Å². The van der Waals surface area contributed by atoms with Crippen LogP contribution in [0.15, 0.2) is 48.5 Å². The Morgan fingerprint density at radius 1 is 0.750 bits per heavy atom. The number of hydrogen-bond donors (Lipinski definition) is 1. The molecule has 3 aromatic carbocycles. The number of rotatable bonds is 9. The minimum Gasteiger partial charge on any atom is -0.493 e. The molecule has 0 spiro atoms. The number of aryl methyl sites for hydroxylation is 6. The first-order valence-electron chi connectivity index (χ1n) is 11.7. The van der Waals surface area contributed by atoms with Crippen LogP contribution in [-0.2, 0) is 9.36 Å². The summed E-state index contributed by atoms with van der Waals surface area (Å²) in [5.74, 6) is -0.220. The lowest BCUT2D eigenvalue weighted by atomic mass is 10.0. The predicted octanol–water partition coefficient (Wildman–Crippen LogP) is 5.46. The molecule has 1 amide bonds. The average molecular weight is 506 g/mol. The molecule has 36 heavy (non-hydrogen) atoms. The van der Waals surface area contributed by atoms with Crippen LogP contribution in [0.5, 0.6) is 5.75 Å². The lowest BCUT2D eigenvalue weighted by Gasteiger charge is -2.22. The third-order valence-corrected chi connectivity index (χ3v) is 8.75. The van der Waals surface area contributed by atoms with E-state index in [4.69, 9.17) is 10.5 Å². The summed E-state index contributed by atoms with van der Waals surface area (Å²) in [4.78, 5) is 39.4. The Bertz CT molecular complexity index is 1300. The Morgan fingerprint density at radius 3 is 1.61 bits per heavy atom. The van der Waals surface area contributed by atoms with Crippen LogP contribution in [0.4, 0.5) is 0 Å². The van der Waals surface area contributed by atoms with Crippen LogP contribution in [0.2, 0.25) is 0 Å². The van der Waals surface area contributed by atoms with Crippen molar-refractivity contribution >= 4 is 29.4 Å². The molecule has 0 aliphatic carbocycles. The number of benzene rings is 3. The number of carbonyl (C=O) groups is 3. The van der Waals surface area contributed by atoms with Gasteiger partial charge in [0.15, 0.2) is 0 Å². The smallest absolute Gasteiger partial charge is 0.248 e. The van der Waals surface area contributed by atoms with Gasteiger partial charge in [-0.3, -0.25) is 14.4 Å². The van der Waals surface area contributed by atoms with Crippen molar-refractivity contribution in [3.8, 4) is 5.75 Å². The summed E-state index contributed by atoms with van der Waals surface area (Å²) in [6.45, 7) is 11.0. The Labute approximate surface area is 212 Å². The van der Waals surface area contributed by atoms with E-state index in [1.165, 1.54) is 12.1 Å². The lowest BCUT2D eigenvalue weighted by molar-refractivity contribution is -0.118. The zero-order valence-corrected chi connectivity index (χ0v) is 22.5. The molecule has 0 unspecified atom stereocenters. The maximum atomic E-state index is 14.9. The Balaban J connectivity index is 2.24. The van der Waals surface area contributed by atoms with E-state index in [1.54, 1.807) is 39.8 Å². The van der Waals surface area contributed by atoms with Crippen LogP contribution in [0.25, 0.3) is 0 Å². The molecule has 0 heterocycles. The van der Waals surface area contributed by atoms with Gasteiger partial charge >= 0.3 is 0 Å². The van der Waals surface area contributed by atoms with E-state index in [2.05, 4.69) is 0 Å². The van der Waals surface area contributed by atoms with Crippen molar-refractivity contribution in [1.82, 2.24) is 0 Å². The van der Waals surface area contributed by atoms with E-state index in [0.717, 1.165) is 11.1 Å². The topological polar surface area (TPSA) is 104 Å². The van der Waals surface area contributed by atoms with Gasteiger partial charge < -0.3 is 15.0 Å². The van der Waals surface area contributed by atoms with Crippen LogP contribution in [0.3, 0.4) is 0 Å². The largest absolute Gasteiger partial charge is 0.493 e. The highest BCUT2D eigenvalue weighted by Gasteiger charge is 2.45. The van der Waals surface area contributed by atoms with Gasteiger partial charge in [0, 0.05) is 16.4 Å². The van der Waals surface area contributed by atoms with Crippen LogP contribution in [0, 0.1) is 41.5 Å². The number of hydrogen-bond acceptors (Lipinski definition) is 5. The maximum absolute atomic E-state index is 14.9. The van der Waals surface area contributed by atoms with Crippen molar-refractivity contribution in [3.05, 3.63) is 93.0 Å². The normalized spacial score (nSPS) is 11.3. The highest BCUT2D eigenvalue weighted by molar-refractivity contribution is 8.01. The van der Waals surface area contributed by atoms with Gasteiger partial charge in [0.05, 0.1) is 13.0 Å². The average Bonchev–Trinajstić information content (AvgIpc) is 2.77. The molecule has 7 heteroatoms. The third kappa shape index (κ3) is 5.34. The summed E-state index contributed by atoms with van der Waals surface area (Å²) in [5, 5.41) is 0.0906. The summed E-state index contributed by atoms with van der Waals surface area (Å²) < 4.78 is 20.5. The molecule has 0 fully saturated rings. The second-order valence-electron chi connectivity index (χ2n) is 9.33. The second kappa shape index (κ2) is 10.6. The molecule has 0 saturated carbocycles. The summed E-state index contributed by atoms with van der Waals surface area (Å²) in [6.07, 6.45) is 0.00324. The molecule has 0 aromatic heterocycles. The molecule has 0 atom stereocenters. The molecule has 0 aliphatic rings. The summed E-state index contributed by atoms with van der Waals surface area (Å²) in [5.41, 5.74) is 8.97. The highest BCUT2D eigenvalue weighted by Crippen LogP contribution is 2.53. The monoisotopic (exact) mass is 505 g/mol. The maximum Gasteiger partial charge on any atom is 0.248 e. The van der Waals surface area contributed by atoms with Crippen molar-refractivity contribution in [2.45, 2.75) is 48.0 Å². The fraction of sp³-hybridized carbons (Fsp3) is 0.276. The minimum atomic E-state index is -4.36. The third-order valence-electron chi connectivity index (χ3n) is 6.15. The summed E-state index contributed by atoms with van der Waals surface area (Å²) in [7, 11) is -4.36. The zero-order valence-electron chi connectivity index (χ0n) is 21.6. The quantitative estimate of drug-likeness (QED) is 0.389. The molecule has 0 saturated heterocycles. The van der Waals surface area contributed by atoms with Crippen molar-refractivity contribution < 1.29 is 23.7 Å².